The average molecular weight is 266 g/mol. The first-order valence-corrected chi connectivity index (χ1v) is 6.73. The first kappa shape index (κ1) is 12.8. The second-order valence-corrected chi connectivity index (χ2v) is 5.24. The Labute approximate surface area is 118 Å². The Morgan fingerprint density at radius 2 is 1.90 bits per heavy atom. The molecule has 3 aromatic rings. The molecule has 0 saturated carbocycles. The summed E-state index contributed by atoms with van der Waals surface area (Å²) in [7, 11) is 0. The van der Waals surface area contributed by atoms with Gasteiger partial charge in [0.2, 0.25) is 0 Å². The first-order valence-electron chi connectivity index (χ1n) is 6.73. The third-order valence-corrected chi connectivity index (χ3v) is 3.70. The number of benzene rings is 1. The van der Waals surface area contributed by atoms with Gasteiger partial charge in [0.05, 0.1) is 11.0 Å². The van der Waals surface area contributed by atoms with E-state index in [1.165, 1.54) is 11.1 Å². The van der Waals surface area contributed by atoms with Crippen LogP contribution < -0.4 is 5.73 Å². The maximum atomic E-state index is 6.04. The lowest BCUT2D eigenvalue weighted by Gasteiger charge is -2.13. The van der Waals surface area contributed by atoms with E-state index in [0.29, 0.717) is 0 Å². The second kappa shape index (κ2) is 4.72. The maximum absolute atomic E-state index is 6.04. The molecular weight excluding hydrogens is 248 g/mol. The summed E-state index contributed by atoms with van der Waals surface area (Å²) in [4.78, 5) is 8.97. The summed E-state index contributed by atoms with van der Waals surface area (Å²) in [5.74, 6) is 0.855. The third kappa shape index (κ3) is 1.98. The van der Waals surface area contributed by atoms with Crippen molar-refractivity contribution in [3.05, 3.63) is 53.5 Å². The van der Waals surface area contributed by atoms with Gasteiger partial charge in [-0.25, -0.2) is 9.97 Å². The molecule has 0 aliphatic heterocycles. The highest BCUT2D eigenvalue weighted by Gasteiger charge is 2.13. The van der Waals surface area contributed by atoms with Gasteiger partial charge in [-0.1, -0.05) is 6.07 Å². The molecule has 0 aliphatic rings. The van der Waals surface area contributed by atoms with Gasteiger partial charge in [-0.2, -0.15) is 0 Å². The predicted octanol–water partition coefficient (Wildman–Crippen LogP) is 3.06. The molecule has 0 aliphatic carbocycles. The van der Waals surface area contributed by atoms with Crippen LogP contribution in [0.1, 0.15) is 29.7 Å². The van der Waals surface area contributed by atoms with E-state index < -0.39 is 0 Å². The number of nitrogens with zero attached hydrogens (tertiary/aromatic N) is 3. The van der Waals surface area contributed by atoms with Crippen LogP contribution in [-0.2, 0) is 0 Å². The summed E-state index contributed by atoms with van der Waals surface area (Å²) in [6.07, 6.45) is 3.60. The van der Waals surface area contributed by atoms with Gasteiger partial charge >= 0.3 is 0 Å². The minimum absolute atomic E-state index is 0.0669. The smallest absolute Gasteiger partial charge is 0.143 e. The molecule has 0 radical (unpaired) electrons. The summed E-state index contributed by atoms with van der Waals surface area (Å²) < 4.78 is 2.01. The Balaban J connectivity index is 2.28. The van der Waals surface area contributed by atoms with Crippen molar-refractivity contribution in [2.75, 3.05) is 0 Å². The highest BCUT2D eigenvalue weighted by Crippen LogP contribution is 2.24. The van der Waals surface area contributed by atoms with Crippen molar-refractivity contribution in [3.8, 4) is 5.82 Å². The maximum Gasteiger partial charge on any atom is 0.143 e. The van der Waals surface area contributed by atoms with Crippen molar-refractivity contribution < 1.29 is 0 Å². The van der Waals surface area contributed by atoms with E-state index in [1.54, 1.807) is 6.20 Å². The molecule has 1 atom stereocenters. The van der Waals surface area contributed by atoms with E-state index in [4.69, 9.17) is 5.73 Å². The Morgan fingerprint density at radius 3 is 2.65 bits per heavy atom. The summed E-state index contributed by atoms with van der Waals surface area (Å²) in [6.45, 7) is 6.17. The number of aromatic nitrogens is 3. The molecule has 20 heavy (non-hydrogen) atoms. The van der Waals surface area contributed by atoms with Crippen LogP contribution in [0.3, 0.4) is 0 Å². The largest absolute Gasteiger partial charge is 0.324 e. The zero-order valence-corrected chi connectivity index (χ0v) is 12.0. The van der Waals surface area contributed by atoms with Crippen LogP contribution in [0.5, 0.6) is 0 Å². The predicted molar refractivity (Wildman–Crippen MR) is 80.9 cm³/mol. The van der Waals surface area contributed by atoms with Crippen LogP contribution in [-0.4, -0.2) is 14.5 Å². The molecule has 0 bridgehead atoms. The lowest BCUT2D eigenvalue weighted by molar-refractivity contribution is 0.794. The Morgan fingerprint density at radius 1 is 1.15 bits per heavy atom. The highest BCUT2D eigenvalue weighted by molar-refractivity contribution is 5.79. The molecule has 2 aromatic heterocycles. The number of rotatable bonds is 2. The van der Waals surface area contributed by atoms with Crippen molar-refractivity contribution in [1.29, 1.82) is 0 Å². The van der Waals surface area contributed by atoms with E-state index in [0.717, 1.165) is 22.4 Å². The molecule has 0 saturated heterocycles. The molecular formula is C16H18N4. The van der Waals surface area contributed by atoms with Gasteiger partial charge < -0.3 is 5.73 Å². The van der Waals surface area contributed by atoms with Crippen LogP contribution in [0.15, 0.2) is 36.8 Å². The molecule has 4 nitrogen and oxygen atoms in total. The molecule has 0 spiro atoms. The normalized spacial score (nSPS) is 12.8. The summed E-state index contributed by atoms with van der Waals surface area (Å²) in [6, 6.07) is 8.12. The van der Waals surface area contributed by atoms with Crippen LogP contribution in [0.2, 0.25) is 0 Å². The fraction of sp³-hybridized carbons (Fsp3) is 0.250. The van der Waals surface area contributed by atoms with Crippen LogP contribution >= 0.6 is 0 Å². The molecule has 0 amide bonds. The number of hydrogen-bond donors (Lipinski definition) is 1. The minimum Gasteiger partial charge on any atom is -0.324 e. The molecule has 0 unspecified atom stereocenters. The Kier molecular flexibility index (Phi) is 3.03. The lowest BCUT2D eigenvalue weighted by atomic mass is 10.1. The fourth-order valence-electron chi connectivity index (χ4n) is 2.40. The van der Waals surface area contributed by atoms with E-state index in [-0.39, 0.29) is 6.04 Å². The van der Waals surface area contributed by atoms with E-state index in [9.17, 15) is 0 Å². The summed E-state index contributed by atoms with van der Waals surface area (Å²) in [5.41, 5.74) is 11.6. The summed E-state index contributed by atoms with van der Waals surface area (Å²) in [5, 5.41) is 0. The Hall–Kier alpha value is -2.20. The number of hydrogen-bond acceptors (Lipinski definition) is 3. The van der Waals surface area contributed by atoms with Crippen molar-refractivity contribution >= 4 is 11.0 Å². The van der Waals surface area contributed by atoms with Crippen molar-refractivity contribution in [2.45, 2.75) is 26.8 Å². The molecule has 1 aromatic carbocycles. The van der Waals surface area contributed by atoms with E-state index in [1.807, 2.05) is 30.0 Å². The van der Waals surface area contributed by atoms with Gasteiger partial charge in [0, 0.05) is 17.8 Å². The van der Waals surface area contributed by atoms with E-state index in [2.05, 4.69) is 35.9 Å². The van der Waals surface area contributed by atoms with Gasteiger partial charge in [0.25, 0.3) is 0 Å². The Bertz CT molecular complexity index is 771. The summed E-state index contributed by atoms with van der Waals surface area (Å²) >= 11 is 0. The van der Waals surface area contributed by atoms with Crippen LogP contribution in [0.25, 0.3) is 16.9 Å². The quantitative estimate of drug-likeness (QED) is 0.775. The minimum atomic E-state index is -0.0669. The first-order chi connectivity index (χ1) is 9.58. The van der Waals surface area contributed by atoms with E-state index >= 15 is 0 Å². The molecule has 0 fully saturated rings. The zero-order chi connectivity index (χ0) is 14.3. The fourth-order valence-corrected chi connectivity index (χ4v) is 2.40. The average Bonchev–Trinajstić information content (AvgIpc) is 2.82. The van der Waals surface area contributed by atoms with Gasteiger partial charge in [-0.05, 0) is 50.1 Å². The number of nitrogens with two attached hydrogens (primary N) is 1. The second-order valence-electron chi connectivity index (χ2n) is 5.24. The number of pyridine rings is 1. The number of imidazole rings is 1. The topological polar surface area (TPSA) is 56.7 Å². The lowest BCUT2D eigenvalue weighted by Crippen LogP contribution is -2.10. The molecule has 4 heteroatoms. The van der Waals surface area contributed by atoms with Crippen LogP contribution in [0, 0.1) is 13.8 Å². The SMILES string of the molecule is Cc1cc2ncn(-c3ncccc3[C@@H](C)N)c2cc1C. The van der Waals surface area contributed by atoms with Crippen molar-refractivity contribution in [3.63, 3.8) is 0 Å². The van der Waals surface area contributed by atoms with Crippen molar-refractivity contribution in [2.24, 2.45) is 5.73 Å². The van der Waals surface area contributed by atoms with Crippen LogP contribution in [0.4, 0.5) is 0 Å². The van der Waals surface area contributed by atoms with Gasteiger partial charge in [0.1, 0.15) is 12.1 Å². The molecule has 3 rings (SSSR count). The van der Waals surface area contributed by atoms with Gasteiger partial charge in [-0.15, -0.1) is 0 Å². The standard InChI is InChI=1S/C16H18N4/c1-10-7-14-15(8-11(10)2)20(9-19-14)16-13(12(3)17)5-4-6-18-16/h4-9,12H,17H2,1-3H3/t12-/m1/s1. The number of aryl methyl sites for hydroxylation is 2. The van der Waals surface area contributed by atoms with Gasteiger partial charge in [0.15, 0.2) is 0 Å². The molecule has 102 valence electrons. The molecule has 2 N–H and O–H groups in total. The van der Waals surface area contributed by atoms with Gasteiger partial charge in [-0.3, -0.25) is 4.57 Å². The zero-order valence-electron chi connectivity index (χ0n) is 12.0. The monoisotopic (exact) mass is 266 g/mol. The highest BCUT2D eigenvalue weighted by atomic mass is 15.1. The third-order valence-electron chi connectivity index (χ3n) is 3.70. The van der Waals surface area contributed by atoms with Crippen molar-refractivity contribution in [1.82, 2.24) is 14.5 Å². The number of fused-ring (bicyclic) bond motifs is 1. The molecule has 2 heterocycles.